The molecule has 1 atom stereocenters. The molecule has 0 amide bonds. The van der Waals surface area contributed by atoms with Gasteiger partial charge >= 0.3 is 0 Å². The molecule has 0 radical (unpaired) electrons. The molecule has 0 saturated carbocycles. The monoisotopic (exact) mass is 266 g/mol. The van der Waals surface area contributed by atoms with E-state index in [1.54, 1.807) is 0 Å². The van der Waals surface area contributed by atoms with Crippen LogP contribution >= 0.6 is 0 Å². The molecule has 0 aliphatic rings. The van der Waals surface area contributed by atoms with Crippen LogP contribution in [0.15, 0.2) is 42.6 Å². The van der Waals surface area contributed by atoms with Gasteiger partial charge in [-0.25, -0.2) is 0 Å². The Kier molecular flexibility index (Phi) is 3.24. The van der Waals surface area contributed by atoms with Crippen molar-refractivity contribution in [2.45, 2.75) is 13.0 Å². The van der Waals surface area contributed by atoms with Crippen LogP contribution < -0.4 is 5.32 Å². The Balaban J connectivity index is 2.09. The number of aromatic nitrogens is 3. The van der Waals surface area contributed by atoms with Gasteiger partial charge in [0, 0.05) is 18.6 Å². The van der Waals surface area contributed by atoms with E-state index in [2.05, 4.69) is 45.7 Å². The molecule has 1 unspecified atom stereocenters. The van der Waals surface area contributed by atoms with E-state index < -0.39 is 0 Å². The van der Waals surface area contributed by atoms with Crippen molar-refractivity contribution in [3.63, 3.8) is 0 Å². The molecule has 2 aromatic heterocycles. The standard InChI is InChI=1S/C16H18N4/c1-11-9-15(20(3)19-11)16(17-2)13-7-6-12-5-4-8-18-14(12)10-13/h4-10,16-17H,1-3H3. The minimum absolute atomic E-state index is 0.118. The third-order valence-electron chi connectivity index (χ3n) is 3.59. The summed E-state index contributed by atoms with van der Waals surface area (Å²) >= 11 is 0. The molecular weight excluding hydrogens is 248 g/mol. The number of hydrogen-bond acceptors (Lipinski definition) is 3. The van der Waals surface area contributed by atoms with E-state index in [-0.39, 0.29) is 6.04 Å². The summed E-state index contributed by atoms with van der Waals surface area (Å²) in [5, 5.41) is 8.95. The maximum Gasteiger partial charge on any atom is 0.0746 e. The highest BCUT2D eigenvalue weighted by atomic mass is 15.3. The summed E-state index contributed by atoms with van der Waals surface area (Å²) in [6.07, 6.45) is 1.83. The second kappa shape index (κ2) is 5.06. The molecule has 0 spiro atoms. The van der Waals surface area contributed by atoms with Crippen molar-refractivity contribution in [1.82, 2.24) is 20.1 Å². The third-order valence-corrected chi connectivity index (χ3v) is 3.59. The Morgan fingerprint density at radius 1 is 1.20 bits per heavy atom. The van der Waals surface area contributed by atoms with Gasteiger partial charge in [0.05, 0.1) is 22.9 Å². The lowest BCUT2D eigenvalue weighted by Gasteiger charge is -2.17. The van der Waals surface area contributed by atoms with Gasteiger partial charge in [0.15, 0.2) is 0 Å². The summed E-state index contributed by atoms with van der Waals surface area (Å²) in [6, 6.07) is 12.7. The second-order valence-corrected chi connectivity index (χ2v) is 5.01. The SMILES string of the molecule is CNC(c1ccc2cccnc2c1)c1cc(C)nn1C. The molecule has 0 bridgehead atoms. The van der Waals surface area contributed by atoms with Gasteiger partial charge in [-0.1, -0.05) is 18.2 Å². The zero-order chi connectivity index (χ0) is 14.1. The number of hydrogen-bond donors (Lipinski definition) is 1. The highest BCUT2D eigenvalue weighted by Gasteiger charge is 2.16. The van der Waals surface area contributed by atoms with Crippen LogP contribution in [0.25, 0.3) is 10.9 Å². The first-order chi connectivity index (χ1) is 9.69. The Labute approximate surface area is 118 Å². The van der Waals surface area contributed by atoms with Crippen molar-refractivity contribution in [2.24, 2.45) is 7.05 Å². The first-order valence-electron chi connectivity index (χ1n) is 6.71. The molecule has 3 rings (SSSR count). The van der Waals surface area contributed by atoms with Gasteiger partial charge in [0.25, 0.3) is 0 Å². The molecule has 2 heterocycles. The fourth-order valence-corrected chi connectivity index (χ4v) is 2.65. The normalized spacial score (nSPS) is 12.8. The van der Waals surface area contributed by atoms with Crippen molar-refractivity contribution in [2.75, 3.05) is 7.05 Å². The van der Waals surface area contributed by atoms with Crippen LogP contribution in [0.2, 0.25) is 0 Å². The smallest absolute Gasteiger partial charge is 0.0746 e. The minimum Gasteiger partial charge on any atom is -0.308 e. The number of pyridine rings is 1. The first kappa shape index (κ1) is 12.8. The Hall–Kier alpha value is -2.20. The predicted octanol–water partition coefficient (Wildman–Crippen LogP) is 2.59. The Morgan fingerprint density at radius 2 is 2.05 bits per heavy atom. The van der Waals surface area contributed by atoms with Crippen LogP contribution in [0.3, 0.4) is 0 Å². The van der Waals surface area contributed by atoms with Crippen molar-refractivity contribution in [3.05, 3.63) is 59.5 Å². The number of nitrogens with one attached hydrogen (secondary N) is 1. The van der Waals surface area contributed by atoms with Crippen LogP contribution in [-0.4, -0.2) is 21.8 Å². The summed E-state index contributed by atoms with van der Waals surface area (Å²) in [5.74, 6) is 0. The van der Waals surface area contributed by atoms with E-state index in [1.165, 1.54) is 5.56 Å². The van der Waals surface area contributed by atoms with Crippen molar-refractivity contribution in [1.29, 1.82) is 0 Å². The quantitative estimate of drug-likeness (QED) is 0.792. The van der Waals surface area contributed by atoms with Gasteiger partial charge in [-0.2, -0.15) is 5.10 Å². The Bertz CT molecular complexity index is 745. The number of fused-ring (bicyclic) bond motifs is 1. The highest BCUT2D eigenvalue weighted by molar-refractivity contribution is 5.79. The van der Waals surface area contributed by atoms with Gasteiger partial charge in [-0.3, -0.25) is 9.67 Å². The van der Waals surface area contributed by atoms with Crippen molar-refractivity contribution < 1.29 is 0 Å². The van der Waals surface area contributed by atoms with E-state index in [4.69, 9.17) is 0 Å². The molecule has 1 aromatic carbocycles. The molecule has 4 nitrogen and oxygen atoms in total. The van der Waals surface area contributed by atoms with Crippen LogP contribution in [-0.2, 0) is 7.05 Å². The van der Waals surface area contributed by atoms with E-state index in [1.807, 2.05) is 38.0 Å². The van der Waals surface area contributed by atoms with Gasteiger partial charge in [-0.15, -0.1) is 0 Å². The maximum absolute atomic E-state index is 4.43. The topological polar surface area (TPSA) is 42.7 Å². The third kappa shape index (κ3) is 2.18. The average molecular weight is 266 g/mol. The lowest BCUT2D eigenvalue weighted by molar-refractivity contribution is 0.605. The zero-order valence-electron chi connectivity index (χ0n) is 12.0. The van der Waals surface area contributed by atoms with Crippen LogP contribution in [0.5, 0.6) is 0 Å². The van der Waals surface area contributed by atoms with Gasteiger partial charge in [0.2, 0.25) is 0 Å². The fourth-order valence-electron chi connectivity index (χ4n) is 2.65. The van der Waals surface area contributed by atoms with Gasteiger partial charge in [-0.05, 0) is 37.7 Å². The van der Waals surface area contributed by atoms with Gasteiger partial charge < -0.3 is 5.32 Å². The lowest BCUT2D eigenvalue weighted by atomic mass is 10.0. The molecule has 0 aliphatic heterocycles. The van der Waals surface area contributed by atoms with Crippen molar-refractivity contribution >= 4 is 10.9 Å². The first-order valence-corrected chi connectivity index (χ1v) is 6.71. The van der Waals surface area contributed by atoms with Crippen LogP contribution in [0.1, 0.15) is 23.0 Å². The summed E-state index contributed by atoms with van der Waals surface area (Å²) in [4.78, 5) is 4.43. The highest BCUT2D eigenvalue weighted by Crippen LogP contribution is 2.24. The molecule has 3 aromatic rings. The molecule has 0 aliphatic carbocycles. The lowest BCUT2D eigenvalue weighted by Crippen LogP contribution is -2.20. The maximum atomic E-state index is 4.43. The molecular formula is C16H18N4. The summed E-state index contributed by atoms with van der Waals surface area (Å²) in [6.45, 7) is 2.01. The number of rotatable bonds is 3. The molecule has 0 saturated heterocycles. The summed E-state index contributed by atoms with van der Waals surface area (Å²) in [7, 11) is 3.95. The van der Waals surface area contributed by atoms with E-state index in [9.17, 15) is 0 Å². The van der Waals surface area contributed by atoms with E-state index >= 15 is 0 Å². The summed E-state index contributed by atoms with van der Waals surface area (Å²) < 4.78 is 1.93. The molecule has 102 valence electrons. The largest absolute Gasteiger partial charge is 0.308 e. The van der Waals surface area contributed by atoms with Gasteiger partial charge in [0.1, 0.15) is 0 Å². The fraction of sp³-hybridized carbons (Fsp3) is 0.250. The average Bonchev–Trinajstić information content (AvgIpc) is 2.78. The summed E-state index contributed by atoms with van der Waals surface area (Å²) in [5.41, 5.74) is 4.40. The van der Waals surface area contributed by atoms with Crippen LogP contribution in [0.4, 0.5) is 0 Å². The van der Waals surface area contributed by atoms with E-state index in [0.717, 1.165) is 22.3 Å². The van der Waals surface area contributed by atoms with Crippen LogP contribution in [0, 0.1) is 6.92 Å². The number of benzene rings is 1. The predicted molar refractivity (Wildman–Crippen MR) is 80.6 cm³/mol. The Morgan fingerprint density at radius 3 is 2.75 bits per heavy atom. The molecule has 1 N–H and O–H groups in total. The second-order valence-electron chi connectivity index (χ2n) is 5.01. The minimum atomic E-state index is 0.118. The van der Waals surface area contributed by atoms with Crippen molar-refractivity contribution in [3.8, 4) is 0 Å². The molecule has 0 fully saturated rings. The van der Waals surface area contributed by atoms with E-state index in [0.29, 0.717) is 0 Å². The zero-order valence-corrected chi connectivity index (χ0v) is 12.0. The molecule has 20 heavy (non-hydrogen) atoms. The molecule has 4 heteroatoms. The number of aryl methyl sites for hydroxylation is 2. The number of nitrogens with zero attached hydrogens (tertiary/aromatic N) is 3.